The molecule has 10 heteroatoms. The number of imidazole rings is 1. The summed E-state index contributed by atoms with van der Waals surface area (Å²) in [5.41, 5.74) is 10.7. The lowest BCUT2D eigenvalue weighted by Crippen LogP contribution is -2.28. The Labute approximate surface area is 201 Å². The second-order valence-electron chi connectivity index (χ2n) is 8.09. The first kappa shape index (κ1) is 23.4. The van der Waals surface area contributed by atoms with Gasteiger partial charge in [0.15, 0.2) is 0 Å². The molecule has 0 aliphatic rings. The Morgan fingerprint density at radius 1 is 1.12 bits per heavy atom. The number of amides is 2. The molecular formula is C24H27N7O2S. The second-order valence-corrected chi connectivity index (χ2v) is 8.98. The molecule has 3 heterocycles. The number of carbonyl (C=O) groups excluding carboxylic acids is 2. The van der Waals surface area contributed by atoms with E-state index < -0.39 is 0 Å². The number of H-pyrrole nitrogens is 1. The van der Waals surface area contributed by atoms with Crippen molar-refractivity contribution in [2.45, 2.75) is 38.1 Å². The molecule has 0 fully saturated rings. The Morgan fingerprint density at radius 3 is 2.59 bits per heavy atom. The fourth-order valence-corrected chi connectivity index (χ4v) is 4.23. The van der Waals surface area contributed by atoms with Gasteiger partial charge in [-0.15, -0.1) is 11.3 Å². The van der Waals surface area contributed by atoms with Crippen LogP contribution < -0.4 is 11.1 Å². The number of rotatable bonds is 11. The van der Waals surface area contributed by atoms with Gasteiger partial charge >= 0.3 is 0 Å². The maximum atomic E-state index is 12.7. The number of carbonyl (C=O) groups is 2. The van der Waals surface area contributed by atoms with Crippen molar-refractivity contribution < 1.29 is 9.59 Å². The zero-order valence-corrected chi connectivity index (χ0v) is 19.7. The van der Waals surface area contributed by atoms with E-state index in [1.54, 1.807) is 22.6 Å². The Hall–Kier alpha value is -3.79. The molecule has 176 valence electrons. The van der Waals surface area contributed by atoms with Crippen LogP contribution in [0.2, 0.25) is 0 Å². The molecule has 0 saturated carbocycles. The molecule has 1 aromatic carbocycles. The van der Waals surface area contributed by atoms with Crippen LogP contribution in [0.15, 0.2) is 54.4 Å². The number of nitrogens with two attached hydrogens (primary N) is 1. The molecular weight excluding hydrogens is 450 g/mol. The molecule has 0 saturated heterocycles. The van der Waals surface area contributed by atoms with Crippen LogP contribution in [-0.2, 0) is 11.8 Å². The fraction of sp³-hybridized carbons (Fsp3) is 0.292. The van der Waals surface area contributed by atoms with Gasteiger partial charge in [0.25, 0.3) is 5.91 Å². The van der Waals surface area contributed by atoms with Crippen molar-refractivity contribution in [3.63, 3.8) is 0 Å². The van der Waals surface area contributed by atoms with Crippen LogP contribution in [-0.4, -0.2) is 36.5 Å². The van der Waals surface area contributed by atoms with Gasteiger partial charge in [0, 0.05) is 25.2 Å². The third kappa shape index (κ3) is 5.96. The van der Waals surface area contributed by atoms with Gasteiger partial charge in [-0.25, -0.2) is 4.98 Å². The largest absolute Gasteiger partial charge is 0.370 e. The average molecular weight is 478 g/mol. The van der Waals surface area contributed by atoms with Crippen molar-refractivity contribution in [1.82, 2.24) is 30.0 Å². The smallest absolute Gasteiger partial charge is 0.263 e. The first-order valence-electron chi connectivity index (χ1n) is 11.1. The van der Waals surface area contributed by atoms with Gasteiger partial charge in [0.1, 0.15) is 10.7 Å². The molecule has 4 N–H and O–H groups in total. The number of benzene rings is 1. The lowest BCUT2D eigenvalue weighted by Gasteiger charge is -2.16. The molecule has 1 atom stereocenters. The van der Waals surface area contributed by atoms with Crippen LogP contribution in [0.4, 0.5) is 0 Å². The number of aromatic nitrogens is 5. The summed E-state index contributed by atoms with van der Waals surface area (Å²) < 4.78 is 1.78. The average Bonchev–Trinajstić information content (AvgIpc) is 3.60. The predicted molar refractivity (Wildman–Crippen MR) is 131 cm³/mol. The zero-order chi connectivity index (χ0) is 23.9. The van der Waals surface area contributed by atoms with Gasteiger partial charge in [-0.1, -0.05) is 37.1 Å². The van der Waals surface area contributed by atoms with Crippen LogP contribution in [0.1, 0.15) is 53.6 Å². The van der Waals surface area contributed by atoms with Crippen LogP contribution in [0.25, 0.3) is 22.5 Å². The highest BCUT2D eigenvalue weighted by Gasteiger charge is 2.20. The second kappa shape index (κ2) is 10.9. The van der Waals surface area contributed by atoms with Crippen molar-refractivity contribution in [1.29, 1.82) is 0 Å². The molecule has 0 spiro atoms. The number of thiazole rings is 1. The molecule has 3 aromatic heterocycles. The number of nitrogens with one attached hydrogen (secondary N) is 2. The van der Waals surface area contributed by atoms with Crippen molar-refractivity contribution in [2.24, 2.45) is 12.8 Å². The van der Waals surface area contributed by atoms with E-state index in [4.69, 9.17) is 5.73 Å². The summed E-state index contributed by atoms with van der Waals surface area (Å²) >= 11 is 1.29. The van der Waals surface area contributed by atoms with Gasteiger partial charge in [0.2, 0.25) is 5.91 Å². The Balaban J connectivity index is 1.47. The highest BCUT2D eigenvalue weighted by Crippen LogP contribution is 2.25. The summed E-state index contributed by atoms with van der Waals surface area (Å²) in [6.45, 7) is 0. The zero-order valence-electron chi connectivity index (χ0n) is 18.9. The van der Waals surface area contributed by atoms with Gasteiger partial charge in [-0.3, -0.25) is 19.3 Å². The first-order chi connectivity index (χ1) is 16.5. The number of hydrogen-bond acceptors (Lipinski definition) is 6. The minimum atomic E-state index is -0.292. The number of aromatic amines is 1. The molecule has 0 aliphatic heterocycles. The Bertz CT molecular complexity index is 1230. The van der Waals surface area contributed by atoms with Gasteiger partial charge in [-0.05, 0) is 24.5 Å². The highest BCUT2D eigenvalue weighted by atomic mass is 32.1. The van der Waals surface area contributed by atoms with Crippen molar-refractivity contribution in [3.05, 3.63) is 65.1 Å². The van der Waals surface area contributed by atoms with Gasteiger partial charge in [-0.2, -0.15) is 5.10 Å². The molecule has 0 bridgehead atoms. The van der Waals surface area contributed by atoms with Crippen LogP contribution in [0.3, 0.4) is 0 Å². The minimum Gasteiger partial charge on any atom is -0.370 e. The number of hydrogen-bond donors (Lipinski definition) is 3. The first-order valence-corrected chi connectivity index (χ1v) is 12.0. The molecule has 4 rings (SSSR count). The predicted octanol–water partition coefficient (Wildman–Crippen LogP) is 3.84. The quantitative estimate of drug-likeness (QED) is 0.282. The molecule has 4 aromatic rings. The van der Waals surface area contributed by atoms with E-state index >= 15 is 0 Å². The highest BCUT2D eigenvalue weighted by molar-refractivity contribution is 7.11. The van der Waals surface area contributed by atoms with Crippen molar-refractivity contribution in [2.75, 3.05) is 0 Å². The van der Waals surface area contributed by atoms with Crippen LogP contribution in [0.5, 0.6) is 0 Å². The fourth-order valence-electron chi connectivity index (χ4n) is 3.71. The van der Waals surface area contributed by atoms with E-state index in [0.29, 0.717) is 23.5 Å². The number of primary amides is 1. The van der Waals surface area contributed by atoms with E-state index in [1.807, 2.05) is 43.6 Å². The number of nitrogens with zero attached hydrogens (tertiary/aromatic N) is 4. The van der Waals surface area contributed by atoms with E-state index in [1.165, 1.54) is 11.3 Å². The summed E-state index contributed by atoms with van der Waals surface area (Å²) in [6.07, 6.45) is 8.72. The summed E-state index contributed by atoms with van der Waals surface area (Å²) in [5, 5.41) is 7.51. The summed E-state index contributed by atoms with van der Waals surface area (Å²) in [5.74, 6) is 0.221. The van der Waals surface area contributed by atoms with Gasteiger partial charge < -0.3 is 16.0 Å². The van der Waals surface area contributed by atoms with E-state index in [2.05, 4.69) is 25.4 Å². The third-order valence-corrected chi connectivity index (χ3v) is 6.28. The molecule has 0 aliphatic carbocycles. The molecule has 9 nitrogen and oxygen atoms in total. The molecule has 2 amide bonds. The maximum Gasteiger partial charge on any atom is 0.263 e. The van der Waals surface area contributed by atoms with Crippen LogP contribution in [0, 0.1) is 0 Å². The van der Waals surface area contributed by atoms with Crippen molar-refractivity contribution in [3.8, 4) is 22.5 Å². The molecule has 0 radical (unpaired) electrons. The van der Waals surface area contributed by atoms with E-state index in [-0.39, 0.29) is 17.9 Å². The maximum absolute atomic E-state index is 12.7. The molecule has 0 unspecified atom stereocenters. The summed E-state index contributed by atoms with van der Waals surface area (Å²) in [4.78, 5) is 36.1. The Kier molecular flexibility index (Phi) is 7.48. The lowest BCUT2D eigenvalue weighted by atomic mass is 10.1. The van der Waals surface area contributed by atoms with E-state index in [0.717, 1.165) is 41.8 Å². The Morgan fingerprint density at radius 2 is 1.91 bits per heavy atom. The molecule has 34 heavy (non-hydrogen) atoms. The third-order valence-electron chi connectivity index (χ3n) is 5.51. The topological polar surface area (TPSA) is 132 Å². The standard InChI is InChI=1S/C24H27N7O2S/c1-31-12-11-18(30-31)16-7-9-17(10-8-16)20-13-27-23(28-20)19(5-3-2-4-6-22(25)32)29-24(33)21-14-26-15-34-21/h7-15,19H,2-6H2,1H3,(H2,25,32)(H,27,28)(H,29,33)/t19-/m0/s1. The van der Waals surface area contributed by atoms with E-state index in [9.17, 15) is 9.59 Å². The van der Waals surface area contributed by atoms with Crippen molar-refractivity contribution >= 4 is 23.2 Å². The normalized spacial score (nSPS) is 11.9. The monoisotopic (exact) mass is 477 g/mol. The summed E-state index contributed by atoms with van der Waals surface area (Å²) in [7, 11) is 1.89. The van der Waals surface area contributed by atoms with Crippen LogP contribution >= 0.6 is 11.3 Å². The lowest BCUT2D eigenvalue weighted by molar-refractivity contribution is -0.118. The SMILES string of the molecule is Cn1ccc(-c2ccc(-c3cnc([C@H](CCCCCC(N)=O)NC(=O)c4cncs4)[nH]3)cc2)n1. The van der Waals surface area contributed by atoms with Gasteiger partial charge in [0.05, 0.1) is 35.3 Å². The summed E-state index contributed by atoms with van der Waals surface area (Å²) in [6, 6.07) is 9.79. The number of unbranched alkanes of at least 4 members (excludes halogenated alkanes) is 2. The minimum absolute atomic E-state index is 0.178. The number of aryl methyl sites for hydroxylation is 1.